The number of methoxy groups -OCH3 is 1. The van der Waals surface area contributed by atoms with Crippen LogP contribution < -0.4 is 5.32 Å². The fourth-order valence-electron chi connectivity index (χ4n) is 1.88. The maximum atomic E-state index is 11.6. The summed E-state index contributed by atoms with van der Waals surface area (Å²) in [5.41, 5.74) is -0.467. The van der Waals surface area contributed by atoms with Crippen molar-refractivity contribution in [2.75, 3.05) is 33.4 Å². The van der Waals surface area contributed by atoms with Gasteiger partial charge in [-0.3, -0.25) is 4.79 Å². The Morgan fingerprint density at radius 1 is 1.61 bits per heavy atom. The molecule has 0 spiro atoms. The summed E-state index contributed by atoms with van der Waals surface area (Å²) in [4.78, 5) is 13.0. The first kappa shape index (κ1) is 14.0. The first-order valence-electron chi connectivity index (χ1n) is 5.77. The lowest BCUT2D eigenvalue weighted by molar-refractivity contribution is -0.182. The number of thiophene rings is 1. The molecule has 100 valence electrons. The van der Waals surface area contributed by atoms with Crippen LogP contribution in [0, 0.1) is 5.41 Å². The smallest absolute Gasteiger partial charge is 0.317 e. The predicted molar refractivity (Wildman–Crippen MR) is 73.9 cm³/mol. The zero-order valence-corrected chi connectivity index (χ0v) is 12.6. The van der Waals surface area contributed by atoms with Crippen molar-refractivity contribution in [2.45, 2.75) is 6.42 Å². The van der Waals surface area contributed by atoms with Crippen LogP contribution in [0.4, 0.5) is 0 Å². The molecule has 1 aromatic rings. The number of esters is 1. The fourth-order valence-corrected chi connectivity index (χ4v) is 3.37. The number of carbonyl (C=O) groups is 1. The number of hydrogen-bond acceptors (Lipinski definition) is 5. The molecule has 1 saturated heterocycles. The van der Waals surface area contributed by atoms with Crippen molar-refractivity contribution in [2.24, 2.45) is 5.41 Å². The minimum atomic E-state index is -0.467. The van der Waals surface area contributed by atoms with Crippen LogP contribution in [0.2, 0.25) is 0 Å². The molecule has 0 atom stereocenters. The molecule has 2 rings (SSSR count). The highest BCUT2D eigenvalue weighted by Gasteiger charge is 2.46. The molecule has 1 N–H and O–H groups in total. The highest BCUT2D eigenvalue weighted by molar-refractivity contribution is 9.11. The van der Waals surface area contributed by atoms with Crippen LogP contribution in [0.1, 0.15) is 4.88 Å². The van der Waals surface area contributed by atoms with Crippen LogP contribution in [0.25, 0.3) is 0 Å². The fraction of sp³-hybridized carbons (Fsp3) is 0.583. The van der Waals surface area contributed by atoms with Gasteiger partial charge in [-0.25, -0.2) is 0 Å². The van der Waals surface area contributed by atoms with Crippen LogP contribution in [-0.4, -0.2) is 39.4 Å². The molecule has 0 saturated carbocycles. The SMILES string of the molecule is COC(=O)C1(CNCCc2ccc(Br)s2)COC1. The Labute approximate surface area is 119 Å². The van der Waals surface area contributed by atoms with Gasteiger partial charge in [-0.15, -0.1) is 11.3 Å². The topological polar surface area (TPSA) is 47.6 Å². The Morgan fingerprint density at radius 3 is 2.89 bits per heavy atom. The van der Waals surface area contributed by atoms with Crippen molar-refractivity contribution in [3.63, 3.8) is 0 Å². The van der Waals surface area contributed by atoms with Gasteiger partial charge in [0.05, 0.1) is 24.1 Å². The molecule has 1 fully saturated rings. The van der Waals surface area contributed by atoms with Gasteiger partial charge in [-0.1, -0.05) is 0 Å². The summed E-state index contributed by atoms with van der Waals surface area (Å²) in [6.45, 7) is 2.38. The van der Waals surface area contributed by atoms with Gasteiger partial charge >= 0.3 is 5.97 Å². The molecule has 6 heteroatoms. The average Bonchev–Trinajstić information content (AvgIpc) is 2.72. The van der Waals surface area contributed by atoms with E-state index >= 15 is 0 Å². The second-order valence-electron chi connectivity index (χ2n) is 4.40. The number of rotatable bonds is 6. The molecular weight excluding hydrogens is 318 g/mol. The van der Waals surface area contributed by atoms with Gasteiger partial charge in [0, 0.05) is 11.4 Å². The number of ether oxygens (including phenoxy) is 2. The molecule has 0 radical (unpaired) electrons. The van der Waals surface area contributed by atoms with Crippen LogP contribution in [0.3, 0.4) is 0 Å². The summed E-state index contributed by atoms with van der Waals surface area (Å²) >= 11 is 5.18. The van der Waals surface area contributed by atoms with Crippen LogP contribution >= 0.6 is 27.3 Å². The molecule has 0 bridgehead atoms. The summed E-state index contributed by atoms with van der Waals surface area (Å²) < 4.78 is 11.1. The van der Waals surface area contributed by atoms with E-state index in [9.17, 15) is 4.79 Å². The molecule has 4 nitrogen and oxygen atoms in total. The van der Waals surface area contributed by atoms with Crippen LogP contribution in [0.5, 0.6) is 0 Å². The zero-order valence-electron chi connectivity index (χ0n) is 10.2. The molecular formula is C12H16BrNO3S. The van der Waals surface area contributed by atoms with E-state index in [4.69, 9.17) is 9.47 Å². The van der Waals surface area contributed by atoms with E-state index in [0.717, 1.165) is 16.8 Å². The predicted octanol–water partition coefficient (Wildman–Crippen LogP) is 1.83. The quantitative estimate of drug-likeness (QED) is 0.637. The zero-order chi connectivity index (χ0) is 13.0. The molecule has 0 unspecified atom stereocenters. The molecule has 18 heavy (non-hydrogen) atoms. The van der Waals surface area contributed by atoms with Gasteiger partial charge < -0.3 is 14.8 Å². The van der Waals surface area contributed by atoms with Crippen molar-refractivity contribution in [1.29, 1.82) is 0 Å². The normalized spacial score (nSPS) is 17.2. The second kappa shape index (κ2) is 6.14. The molecule has 0 aliphatic carbocycles. The van der Waals surface area contributed by atoms with Gasteiger partial charge in [0.15, 0.2) is 0 Å². The molecule has 1 aromatic heterocycles. The second-order valence-corrected chi connectivity index (χ2v) is 6.94. The number of hydrogen-bond donors (Lipinski definition) is 1. The number of halogens is 1. The first-order chi connectivity index (χ1) is 8.66. The van der Waals surface area contributed by atoms with E-state index in [-0.39, 0.29) is 5.97 Å². The molecule has 2 heterocycles. The first-order valence-corrected chi connectivity index (χ1v) is 7.38. The number of carbonyl (C=O) groups excluding carboxylic acids is 1. The number of nitrogens with one attached hydrogen (secondary N) is 1. The minimum absolute atomic E-state index is 0.180. The van der Waals surface area contributed by atoms with Gasteiger partial charge in [-0.05, 0) is 41.0 Å². The van der Waals surface area contributed by atoms with E-state index in [1.54, 1.807) is 11.3 Å². The van der Waals surface area contributed by atoms with Gasteiger partial charge in [0.25, 0.3) is 0 Å². The van der Waals surface area contributed by atoms with Gasteiger partial charge in [-0.2, -0.15) is 0 Å². The Morgan fingerprint density at radius 2 is 2.39 bits per heavy atom. The molecule has 1 aliphatic heterocycles. The van der Waals surface area contributed by atoms with E-state index < -0.39 is 5.41 Å². The van der Waals surface area contributed by atoms with Crippen molar-refractivity contribution in [3.8, 4) is 0 Å². The third kappa shape index (κ3) is 3.12. The lowest BCUT2D eigenvalue weighted by atomic mass is 9.86. The Hall–Kier alpha value is -0.430. The monoisotopic (exact) mass is 333 g/mol. The molecule has 0 amide bonds. The lowest BCUT2D eigenvalue weighted by Crippen LogP contribution is -2.55. The maximum Gasteiger partial charge on any atom is 0.317 e. The summed E-state index contributed by atoms with van der Waals surface area (Å²) in [7, 11) is 1.42. The highest BCUT2D eigenvalue weighted by Crippen LogP contribution is 2.28. The van der Waals surface area contributed by atoms with E-state index in [1.165, 1.54) is 12.0 Å². The Balaban J connectivity index is 1.73. The summed E-state index contributed by atoms with van der Waals surface area (Å²) in [6, 6.07) is 4.16. The van der Waals surface area contributed by atoms with Crippen molar-refractivity contribution >= 4 is 33.2 Å². The average molecular weight is 334 g/mol. The van der Waals surface area contributed by atoms with Crippen molar-refractivity contribution in [3.05, 3.63) is 20.8 Å². The van der Waals surface area contributed by atoms with E-state index in [0.29, 0.717) is 19.8 Å². The Kier molecular flexibility index (Phi) is 4.77. The summed E-state index contributed by atoms with van der Waals surface area (Å²) in [5, 5.41) is 3.31. The summed E-state index contributed by atoms with van der Waals surface area (Å²) in [5.74, 6) is -0.180. The van der Waals surface area contributed by atoms with E-state index in [2.05, 4.69) is 33.4 Å². The molecule has 1 aliphatic rings. The molecule has 0 aromatic carbocycles. The van der Waals surface area contributed by atoms with Crippen LogP contribution in [0.15, 0.2) is 15.9 Å². The highest BCUT2D eigenvalue weighted by atomic mass is 79.9. The lowest BCUT2D eigenvalue weighted by Gasteiger charge is -2.38. The standard InChI is InChI=1S/C12H16BrNO3S/c1-16-11(15)12(7-17-8-12)6-14-5-4-9-2-3-10(13)18-9/h2-3,14H,4-8H2,1H3. The van der Waals surface area contributed by atoms with Crippen LogP contribution in [-0.2, 0) is 20.7 Å². The Bertz CT molecular complexity index is 417. The minimum Gasteiger partial charge on any atom is -0.468 e. The maximum absolute atomic E-state index is 11.6. The third-order valence-corrected chi connectivity index (χ3v) is 4.70. The third-order valence-electron chi connectivity index (χ3n) is 3.02. The van der Waals surface area contributed by atoms with Crippen molar-refractivity contribution in [1.82, 2.24) is 5.32 Å². The largest absolute Gasteiger partial charge is 0.468 e. The summed E-state index contributed by atoms with van der Waals surface area (Å²) in [6.07, 6.45) is 0.967. The van der Waals surface area contributed by atoms with Gasteiger partial charge in [0.2, 0.25) is 0 Å². The van der Waals surface area contributed by atoms with Crippen molar-refractivity contribution < 1.29 is 14.3 Å². The van der Waals surface area contributed by atoms with E-state index in [1.807, 2.05) is 0 Å². The van der Waals surface area contributed by atoms with Gasteiger partial charge in [0.1, 0.15) is 5.41 Å².